The van der Waals surface area contributed by atoms with E-state index in [9.17, 15) is 0 Å². The lowest BCUT2D eigenvalue weighted by atomic mass is 10.2. The van der Waals surface area contributed by atoms with E-state index < -0.39 is 0 Å². The molecule has 1 fully saturated rings. The molecular formula is C9H19NO4. The molecule has 0 saturated carbocycles. The van der Waals surface area contributed by atoms with Gasteiger partial charge in [-0.05, 0) is 6.42 Å². The molecule has 0 aromatic carbocycles. The van der Waals surface area contributed by atoms with E-state index >= 15 is 0 Å². The summed E-state index contributed by atoms with van der Waals surface area (Å²) in [4.78, 5) is 0. The number of rotatable bonds is 7. The van der Waals surface area contributed by atoms with E-state index in [1.165, 1.54) is 0 Å². The molecule has 0 aromatic heterocycles. The predicted octanol–water partition coefficient (Wildman–Crippen LogP) is -0.524. The Bertz CT molecular complexity index is 145. The van der Waals surface area contributed by atoms with Crippen molar-refractivity contribution in [3.05, 3.63) is 0 Å². The second-order valence-corrected chi connectivity index (χ2v) is 3.22. The Morgan fingerprint density at radius 1 is 1.29 bits per heavy atom. The summed E-state index contributed by atoms with van der Waals surface area (Å²) in [5.74, 6) is 0. The van der Waals surface area contributed by atoms with Gasteiger partial charge in [0.25, 0.3) is 0 Å². The third kappa shape index (κ3) is 4.34. The summed E-state index contributed by atoms with van der Waals surface area (Å²) in [5, 5.41) is 8.81. The molecule has 0 aliphatic carbocycles. The number of hydrogen-bond donors (Lipinski definition) is 2. The van der Waals surface area contributed by atoms with Crippen molar-refractivity contribution in [2.24, 2.45) is 5.73 Å². The van der Waals surface area contributed by atoms with Gasteiger partial charge >= 0.3 is 0 Å². The molecule has 5 nitrogen and oxygen atoms in total. The Kier molecular flexibility index (Phi) is 6.05. The highest BCUT2D eigenvalue weighted by Gasteiger charge is 2.24. The van der Waals surface area contributed by atoms with Crippen LogP contribution in [-0.2, 0) is 14.2 Å². The minimum atomic E-state index is -0.173. The molecule has 2 unspecified atom stereocenters. The average Bonchev–Trinajstić information content (AvgIpc) is 2.65. The number of ether oxygens (including phenoxy) is 3. The molecule has 0 spiro atoms. The summed E-state index contributed by atoms with van der Waals surface area (Å²) in [5.41, 5.74) is 5.25. The second kappa shape index (κ2) is 7.14. The van der Waals surface area contributed by atoms with Crippen LogP contribution in [-0.4, -0.2) is 50.5 Å². The fourth-order valence-corrected chi connectivity index (χ4v) is 1.35. The quantitative estimate of drug-likeness (QED) is 0.547. The van der Waals surface area contributed by atoms with Gasteiger partial charge in [0.15, 0.2) is 6.29 Å². The molecule has 1 saturated heterocycles. The first-order chi connectivity index (χ1) is 6.86. The van der Waals surface area contributed by atoms with E-state index in [0.717, 1.165) is 12.8 Å². The Labute approximate surface area is 84.1 Å². The van der Waals surface area contributed by atoms with Crippen LogP contribution in [0.15, 0.2) is 0 Å². The maximum Gasteiger partial charge on any atom is 0.158 e. The van der Waals surface area contributed by atoms with Crippen LogP contribution in [0, 0.1) is 0 Å². The van der Waals surface area contributed by atoms with Crippen molar-refractivity contribution < 1.29 is 19.3 Å². The van der Waals surface area contributed by atoms with Gasteiger partial charge in [0.2, 0.25) is 0 Å². The van der Waals surface area contributed by atoms with Gasteiger partial charge in [-0.15, -0.1) is 0 Å². The molecule has 1 heterocycles. The van der Waals surface area contributed by atoms with Crippen LogP contribution in [0.4, 0.5) is 0 Å². The third-order valence-corrected chi connectivity index (χ3v) is 2.07. The third-order valence-electron chi connectivity index (χ3n) is 2.07. The zero-order valence-electron chi connectivity index (χ0n) is 8.35. The molecule has 1 aliphatic heterocycles. The molecule has 0 amide bonds. The fraction of sp³-hybridized carbons (Fsp3) is 1.00. The summed E-state index contributed by atoms with van der Waals surface area (Å²) in [6, 6.07) is 0. The van der Waals surface area contributed by atoms with Gasteiger partial charge in [0.1, 0.15) is 0 Å². The molecule has 0 radical (unpaired) electrons. The predicted molar refractivity (Wildman–Crippen MR) is 50.8 cm³/mol. The van der Waals surface area contributed by atoms with Gasteiger partial charge in [0.05, 0.1) is 32.5 Å². The Balaban J connectivity index is 1.92. The topological polar surface area (TPSA) is 73.9 Å². The Hall–Kier alpha value is -0.200. The zero-order chi connectivity index (χ0) is 10.2. The Morgan fingerprint density at radius 2 is 2.14 bits per heavy atom. The van der Waals surface area contributed by atoms with Gasteiger partial charge in [-0.1, -0.05) is 0 Å². The monoisotopic (exact) mass is 205 g/mol. The molecule has 84 valence electrons. The lowest BCUT2D eigenvalue weighted by Crippen LogP contribution is -2.19. The smallest absolute Gasteiger partial charge is 0.158 e. The van der Waals surface area contributed by atoms with E-state index in [1.54, 1.807) is 0 Å². The number of hydrogen-bond acceptors (Lipinski definition) is 5. The van der Waals surface area contributed by atoms with E-state index in [1.807, 2.05) is 0 Å². The largest absolute Gasteiger partial charge is 0.394 e. The van der Waals surface area contributed by atoms with Crippen molar-refractivity contribution in [2.45, 2.75) is 25.2 Å². The minimum absolute atomic E-state index is 0.0510. The summed E-state index contributed by atoms with van der Waals surface area (Å²) >= 11 is 0. The lowest BCUT2D eigenvalue weighted by Gasteiger charge is -2.12. The van der Waals surface area contributed by atoms with Crippen LogP contribution in [0.25, 0.3) is 0 Å². The fourth-order valence-electron chi connectivity index (χ4n) is 1.35. The Morgan fingerprint density at radius 3 is 2.79 bits per heavy atom. The molecule has 0 aromatic rings. The van der Waals surface area contributed by atoms with E-state index in [2.05, 4.69) is 0 Å². The summed E-state index contributed by atoms with van der Waals surface area (Å²) in [7, 11) is 0. The highest BCUT2D eigenvalue weighted by atomic mass is 16.7. The maximum atomic E-state index is 8.81. The first kappa shape index (κ1) is 11.9. The standard InChI is InChI=1S/C9H19NO4/c10-3-4-12-5-6-13-9-2-1-8(7-11)14-9/h8-9,11H,1-7,10H2. The van der Waals surface area contributed by atoms with Crippen molar-refractivity contribution >= 4 is 0 Å². The molecule has 5 heteroatoms. The van der Waals surface area contributed by atoms with Crippen LogP contribution in [0.1, 0.15) is 12.8 Å². The molecular weight excluding hydrogens is 186 g/mol. The number of nitrogens with two attached hydrogens (primary N) is 1. The van der Waals surface area contributed by atoms with Crippen molar-refractivity contribution in [2.75, 3.05) is 33.0 Å². The SMILES string of the molecule is NCCOCCOC1CCC(CO)O1. The van der Waals surface area contributed by atoms with E-state index in [0.29, 0.717) is 26.4 Å². The van der Waals surface area contributed by atoms with Crippen molar-refractivity contribution in [1.29, 1.82) is 0 Å². The average molecular weight is 205 g/mol. The maximum absolute atomic E-state index is 8.81. The molecule has 2 atom stereocenters. The first-order valence-corrected chi connectivity index (χ1v) is 5.02. The first-order valence-electron chi connectivity index (χ1n) is 5.02. The molecule has 14 heavy (non-hydrogen) atoms. The molecule has 1 rings (SSSR count). The highest BCUT2D eigenvalue weighted by Crippen LogP contribution is 2.19. The van der Waals surface area contributed by atoms with Gasteiger partial charge in [-0.3, -0.25) is 0 Å². The summed E-state index contributed by atoms with van der Waals surface area (Å²) in [6.07, 6.45) is 1.49. The van der Waals surface area contributed by atoms with Crippen LogP contribution >= 0.6 is 0 Å². The van der Waals surface area contributed by atoms with Crippen LogP contribution in [0.3, 0.4) is 0 Å². The van der Waals surface area contributed by atoms with Crippen molar-refractivity contribution in [3.8, 4) is 0 Å². The molecule has 0 bridgehead atoms. The van der Waals surface area contributed by atoms with Crippen LogP contribution < -0.4 is 5.73 Å². The van der Waals surface area contributed by atoms with E-state index in [-0.39, 0.29) is 19.0 Å². The van der Waals surface area contributed by atoms with Gasteiger partial charge in [-0.2, -0.15) is 0 Å². The van der Waals surface area contributed by atoms with Gasteiger partial charge in [-0.25, -0.2) is 0 Å². The van der Waals surface area contributed by atoms with Crippen molar-refractivity contribution in [3.63, 3.8) is 0 Å². The van der Waals surface area contributed by atoms with Crippen molar-refractivity contribution in [1.82, 2.24) is 0 Å². The second-order valence-electron chi connectivity index (χ2n) is 3.22. The number of aliphatic hydroxyl groups is 1. The van der Waals surface area contributed by atoms with Crippen LogP contribution in [0.2, 0.25) is 0 Å². The lowest BCUT2D eigenvalue weighted by molar-refractivity contribution is -0.147. The summed E-state index contributed by atoms with van der Waals surface area (Å²) < 4.78 is 15.9. The molecule has 1 aliphatic rings. The molecule has 3 N–H and O–H groups in total. The van der Waals surface area contributed by atoms with Gasteiger partial charge < -0.3 is 25.1 Å². The minimum Gasteiger partial charge on any atom is -0.394 e. The normalized spacial score (nSPS) is 27.0. The summed E-state index contributed by atoms with van der Waals surface area (Å²) in [6.45, 7) is 2.23. The number of aliphatic hydroxyl groups excluding tert-OH is 1. The van der Waals surface area contributed by atoms with E-state index in [4.69, 9.17) is 25.1 Å². The van der Waals surface area contributed by atoms with Crippen LogP contribution in [0.5, 0.6) is 0 Å². The zero-order valence-corrected chi connectivity index (χ0v) is 8.35. The van der Waals surface area contributed by atoms with Gasteiger partial charge in [0, 0.05) is 13.0 Å². The highest BCUT2D eigenvalue weighted by molar-refractivity contribution is 4.66.